The second kappa shape index (κ2) is 4.51. The Balaban J connectivity index is 1.88. The van der Waals surface area contributed by atoms with Crippen molar-refractivity contribution in [2.24, 2.45) is 0 Å². The molecule has 2 aliphatic heterocycles. The van der Waals surface area contributed by atoms with Gasteiger partial charge in [0.05, 0.1) is 22.6 Å². The van der Waals surface area contributed by atoms with Gasteiger partial charge in [0.15, 0.2) is 0 Å². The second-order valence-electron chi connectivity index (χ2n) is 6.18. The minimum atomic E-state index is -0.358. The zero-order chi connectivity index (χ0) is 14.5. The second-order valence-corrected chi connectivity index (χ2v) is 7.20. The first-order valence-corrected chi connectivity index (χ1v) is 7.69. The van der Waals surface area contributed by atoms with Crippen LogP contribution in [0.5, 0.6) is 0 Å². The summed E-state index contributed by atoms with van der Waals surface area (Å²) >= 11 is 1.55. The van der Waals surface area contributed by atoms with E-state index in [9.17, 15) is 4.79 Å². The zero-order valence-electron chi connectivity index (χ0n) is 12.1. The third-order valence-electron chi connectivity index (χ3n) is 4.16. The van der Waals surface area contributed by atoms with Gasteiger partial charge in [0.2, 0.25) is 5.91 Å². The van der Waals surface area contributed by atoms with E-state index in [1.165, 1.54) is 0 Å². The van der Waals surface area contributed by atoms with Crippen LogP contribution in [0.2, 0.25) is 0 Å². The van der Waals surface area contributed by atoms with Crippen molar-refractivity contribution in [3.05, 3.63) is 18.2 Å². The van der Waals surface area contributed by atoms with Crippen molar-refractivity contribution < 1.29 is 14.1 Å². The van der Waals surface area contributed by atoms with Gasteiger partial charge in [-0.25, -0.2) is 0 Å². The maximum atomic E-state index is 11.4. The van der Waals surface area contributed by atoms with Crippen LogP contribution in [0, 0.1) is 0 Å². The molecule has 1 amide bonds. The van der Waals surface area contributed by atoms with Crippen molar-refractivity contribution in [2.75, 3.05) is 11.1 Å². The summed E-state index contributed by atoms with van der Waals surface area (Å²) in [5.41, 5.74) is 1.18. The van der Waals surface area contributed by atoms with Crippen LogP contribution in [-0.4, -0.2) is 30.0 Å². The molecule has 2 aliphatic rings. The Bertz CT molecular complexity index is 558. The largest absolute Gasteiger partial charge is 0.494 e. The van der Waals surface area contributed by atoms with Gasteiger partial charge in [0.25, 0.3) is 0 Å². The Kier molecular flexibility index (Phi) is 3.16. The van der Waals surface area contributed by atoms with Crippen molar-refractivity contribution in [3.63, 3.8) is 0 Å². The summed E-state index contributed by atoms with van der Waals surface area (Å²) in [6.07, 6.45) is 0. The van der Waals surface area contributed by atoms with Crippen LogP contribution in [-0.2, 0) is 14.1 Å². The number of benzene rings is 1. The number of fused-ring (bicyclic) bond motifs is 1. The topological polar surface area (TPSA) is 47.6 Å². The normalized spacial score (nSPS) is 23.4. The van der Waals surface area contributed by atoms with Gasteiger partial charge in [0.1, 0.15) is 0 Å². The van der Waals surface area contributed by atoms with Crippen LogP contribution < -0.4 is 10.8 Å². The van der Waals surface area contributed by atoms with Gasteiger partial charge in [-0.2, -0.15) is 0 Å². The summed E-state index contributed by atoms with van der Waals surface area (Å²) in [7, 11) is -0.358. The van der Waals surface area contributed by atoms with Gasteiger partial charge in [0, 0.05) is 4.90 Å². The Morgan fingerprint density at radius 3 is 2.50 bits per heavy atom. The predicted molar refractivity (Wildman–Crippen MR) is 81.5 cm³/mol. The molecule has 20 heavy (non-hydrogen) atoms. The van der Waals surface area contributed by atoms with E-state index in [-0.39, 0.29) is 24.2 Å². The minimum absolute atomic E-state index is 0.0471. The monoisotopic (exact) mass is 291 g/mol. The molecular weight excluding hydrogens is 273 g/mol. The number of rotatable bonds is 1. The molecule has 1 aromatic rings. The third kappa shape index (κ3) is 2.26. The molecule has 0 atom stereocenters. The van der Waals surface area contributed by atoms with E-state index in [4.69, 9.17) is 9.31 Å². The highest BCUT2D eigenvalue weighted by Crippen LogP contribution is 2.37. The van der Waals surface area contributed by atoms with E-state index in [2.05, 4.69) is 5.32 Å². The Labute approximate surface area is 123 Å². The van der Waals surface area contributed by atoms with E-state index in [0.29, 0.717) is 5.75 Å². The zero-order valence-corrected chi connectivity index (χ0v) is 13.0. The van der Waals surface area contributed by atoms with Crippen molar-refractivity contribution in [2.45, 2.75) is 43.8 Å². The van der Waals surface area contributed by atoms with Crippen molar-refractivity contribution in [1.82, 2.24) is 0 Å². The molecule has 4 nitrogen and oxygen atoms in total. The molecule has 1 aromatic carbocycles. The van der Waals surface area contributed by atoms with Gasteiger partial charge in [-0.1, -0.05) is 6.07 Å². The molecule has 106 valence electrons. The molecule has 3 rings (SSSR count). The van der Waals surface area contributed by atoms with Crippen LogP contribution in [0.1, 0.15) is 27.7 Å². The Morgan fingerprint density at radius 1 is 1.20 bits per heavy atom. The van der Waals surface area contributed by atoms with Crippen molar-refractivity contribution in [3.8, 4) is 0 Å². The molecule has 0 aliphatic carbocycles. The van der Waals surface area contributed by atoms with E-state index < -0.39 is 0 Å². The molecule has 1 saturated heterocycles. The molecule has 0 aromatic heterocycles. The van der Waals surface area contributed by atoms with Gasteiger partial charge in [-0.3, -0.25) is 4.79 Å². The van der Waals surface area contributed by atoms with E-state index in [1.54, 1.807) is 11.8 Å². The molecule has 2 heterocycles. The van der Waals surface area contributed by atoms with E-state index in [1.807, 2.05) is 45.9 Å². The number of hydrogen-bond acceptors (Lipinski definition) is 4. The molecule has 1 N–H and O–H groups in total. The third-order valence-corrected chi connectivity index (χ3v) is 5.22. The first kappa shape index (κ1) is 14.0. The molecule has 0 bridgehead atoms. The maximum Gasteiger partial charge on any atom is 0.494 e. The summed E-state index contributed by atoms with van der Waals surface area (Å²) in [6, 6.07) is 5.91. The number of carbonyl (C=O) groups is 1. The average Bonchev–Trinajstić information content (AvgIpc) is 2.58. The number of nitrogens with one attached hydrogen (secondary N) is 1. The smallest absolute Gasteiger partial charge is 0.399 e. The van der Waals surface area contributed by atoms with Crippen LogP contribution in [0.4, 0.5) is 5.69 Å². The fourth-order valence-corrected chi connectivity index (χ4v) is 3.07. The summed E-state index contributed by atoms with van der Waals surface area (Å²) in [4.78, 5) is 12.4. The molecule has 0 spiro atoms. The summed E-state index contributed by atoms with van der Waals surface area (Å²) < 4.78 is 12.1. The van der Waals surface area contributed by atoms with Crippen LogP contribution in [0.15, 0.2) is 23.1 Å². The number of anilines is 1. The lowest BCUT2D eigenvalue weighted by molar-refractivity contribution is -0.113. The highest BCUT2D eigenvalue weighted by molar-refractivity contribution is 8.00. The van der Waals surface area contributed by atoms with Gasteiger partial charge >= 0.3 is 7.12 Å². The number of hydrogen-bond donors (Lipinski definition) is 1. The lowest BCUT2D eigenvalue weighted by Gasteiger charge is -2.32. The fraction of sp³-hybridized carbons (Fsp3) is 0.500. The first-order valence-electron chi connectivity index (χ1n) is 6.71. The lowest BCUT2D eigenvalue weighted by Crippen LogP contribution is -2.41. The van der Waals surface area contributed by atoms with Crippen molar-refractivity contribution >= 4 is 35.9 Å². The molecule has 0 radical (unpaired) electrons. The summed E-state index contributed by atoms with van der Waals surface area (Å²) in [5.74, 6) is 0.505. The fourth-order valence-electron chi connectivity index (χ4n) is 2.22. The maximum absolute atomic E-state index is 11.4. The number of amides is 1. The lowest BCUT2D eigenvalue weighted by atomic mass is 9.79. The predicted octanol–water partition coefficient (Wildman–Crippen LogP) is 2.03. The van der Waals surface area contributed by atoms with Gasteiger partial charge in [-0.15, -0.1) is 11.8 Å². The standard InChI is InChI=1S/C14H18BNO3S/c1-13(2)14(3,4)19-15(18-13)9-5-6-10-11(7-9)20-8-12(17)16-10/h5-7H,8H2,1-4H3,(H,16,17). The van der Waals surface area contributed by atoms with E-state index >= 15 is 0 Å². The number of carbonyl (C=O) groups excluding carboxylic acids is 1. The molecule has 0 saturated carbocycles. The average molecular weight is 291 g/mol. The quantitative estimate of drug-likeness (QED) is 0.804. The van der Waals surface area contributed by atoms with Crippen LogP contribution in [0.25, 0.3) is 0 Å². The highest BCUT2D eigenvalue weighted by Gasteiger charge is 2.51. The van der Waals surface area contributed by atoms with Crippen LogP contribution in [0.3, 0.4) is 0 Å². The van der Waals surface area contributed by atoms with Gasteiger partial charge in [-0.05, 0) is 45.3 Å². The summed E-state index contributed by atoms with van der Waals surface area (Å²) in [6.45, 7) is 8.17. The first-order chi connectivity index (χ1) is 9.28. The van der Waals surface area contributed by atoms with Crippen LogP contribution >= 0.6 is 11.8 Å². The number of thioether (sulfide) groups is 1. The Morgan fingerprint density at radius 2 is 1.85 bits per heavy atom. The van der Waals surface area contributed by atoms with E-state index in [0.717, 1.165) is 16.0 Å². The molecular formula is C14H18BNO3S. The summed E-state index contributed by atoms with van der Waals surface area (Å²) in [5, 5.41) is 2.87. The SMILES string of the molecule is CC1(C)OB(c2ccc3c(c2)SCC(=O)N3)OC1(C)C. The molecule has 0 unspecified atom stereocenters. The van der Waals surface area contributed by atoms with Crippen molar-refractivity contribution in [1.29, 1.82) is 0 Å². The Hall–Kier alpha value is -0.975. The minimum Gasteiger partial charge on any atom is -0.399 e. The molecule has 6 heteroatoms. The highest BCUT2D eigenvalue weighted by atomic mass is 32.2. The molecule has 1 fully saturated rings. The van der Waals surface area contributed by atoms with Gasteiger partial charge < -0.3 is 14.6 Å².